The lowest BCUT2D eigenvalue weighted by molar-refractivity contribution is -0.136. The Morgan fingerprint density at radius 2 is 1.79 bits per heavy atom. The zero-order chi connectivity index (χ0) is 29.8. The van der Waals surface area contributed by atoms with Gasteiger partial charge in [-0.3, -0.25) is 24.1 Å². The first-order valence-electron chi connectivity index (χ1n) is 13.5. The zero-order valence-electron chi connectivity index (χ0n) is 23.6. The van der Waals surface area contributed by atoms with Gasteiger partial charge in [0.05, 0.1) is 12.0 Å². The van der Waals surface area contributed by atoms with E-state index in [1.54, 1.807) is 29.2 Å². The normalized spacial score (nSPS) is 15.5. The number of carbonyl (C=O) groups excluding carboxylic acids is 4. The van der Waals surface area contributed by atoms with E-state index in [0.717, 1.165) is 45.5 Å². The van der Waals surface area contributed by atoms with E-state index in [-0.39, 0.29) is 29.9 Å². The molecule has 1 saturated heterocycles. The molecule has 0 aliphatic carbocycles. The third-order valence-corrected chi connectivity index (χ3v) is 8.07. The molecule has 216 valence electrons. The number of nitrogens with zero attached hydrogens (tertiary/aromatic N) is 2. The molecule has 0 atom stereocenters. The monoisotopic (exact) mass is 585 g/mol. The molecular formula is C32H31N3O6S. The highest BCUT2D eigenvalue weighted by Gasteiger charge is 2.37. The van der Waals surface area contributed by atoms with Crippen LogP contribution < -0.4 is 14.8 Å². The number of imide groups is 1. The van der Waals surface area contributed by atoms with Crippen molar-refractivity contribution in [3.8, 4) is 11.5 Å². The number of rotatable bonds is 8. The van der Waals surface area contributed by atoms with E-state index in [0.29, 0.717) is 30.2 Å². The molecule has 0 saturated carbocycles. The van der Waals surface area contributed by atoms with Gasteiger partial charge in [-0.15, -0.1) is 0 Å². The standard InChI is InChI=1S/C32H31N3O6S/c1-20-8-9-21(2)25(14-20)33-29(36)19-41-26-11-10-22(15-27(26)40-3)16-28-31(38)35(32(39)42-28)18-30(37)34-13-12-23-6-4-5-7-24(23)17-34/h4-11,14-16H,12-13,17-19H2,1-3H3,(H,33,36)/b28-16+. The first kappa shape index (κ1) is 28.9. The van der Waals surface area contributed by atoms with E-state index >= 15 is 0 Å². The van der Waals surface area contributed by atoms with Crippen molar-refractivity contribution in [2.45, 2.75) is 26.8 Å². The molecule has 3 aromatic carbocycles. The number of methoxy groups -OCH3 is 1. The summed E-state index contributed by atoms with van der Waals surface area (Å²) in [6.07, 6.45) is 2.31. The van der Waals surface area contributed by atoms with Crippen LogP contribution in [0.2, 0.25) is 0 Å². The number of carbonyl (C=O) groups is 4. The highest BCUT2D eigenvalue weighted by molar-refractivity contribution is 8.18. The molecular weight excluding hydrogens is 554 g/mol. The van der Waals surface area contributed by atoms with Gasteiger partial charge in [0.15, 0.2) is 18.1 Å². The van der Waals surface area contributed by atoms with Crippen molar-refractivity contribution in [1.82, 2.24) is 9.80 Å². The van der Waals surface area contributed by atoms with Crippen molar-refractivity contribution in [2.75, 3.05) is 32.1 Å². The quantitative estimate of drug-likeness (QED) is 0.373. The molecule has 2 heterocycles. The van der Waals surface area contributed by atoms with Crippen molar-refractivity contribution < 1.29 is 28.7 Å². The molecule has 1 N–H and O–H groups in total. The summed E-state index contributed by atoms with van der Waals surface area (Å²) in [6.45, 7) is 4.35. The first-order chi connectivity index (χ1) is 20.2. The average Bonchev–Trinajstić information content (AvgIpc) is 3.25. The Balaban J connectivity index is 1.21. The number of nitrogens with one attached hydrogen (secondary N) is 1. The summed E-state index contributed by atoms with van der Waals surface area (Å²) in [7, 11) is 1.47. The van der Waals surface area contributed by atoms with Crippen molar-refractivity contribution in [2.24, 2.45) is 0 Å². The van der Waals surface area contributed by atoms with Gasteiger partial charge in [0, 0.05) is 18.8 Å². The second-order valence-electron chi connectivity index (χ2n) is 10.2. The number of benzene rings is 3. The molecule has 3 aromatic rings. The topological polar surface area (TPSA) is 105 Å². The van der Waals surface area contributed by atoms with E-state index in [1.807, 2.05) is 50.2 Å². The Hall–Kier alpha value is -4.57. The van der Waals surface area contributed by atoms with Crippen molar-refractivity contribution in [3.63, 3.8) is 0 Å². The number of fused-ring (bicyclic) bond motifs is 1. The molecule has 1 fully saturated rings. The number of hydrogen-bond donors (Lipinski definition) is 1. The van der Waals surface area contributed by atoms with Crippen LogP contribution in [-0.2, 0) is 27.3 Å². The third-order valence-electron chi connectivity index (χ3n) is 7.16. The van der Waals surface area contributed by atoms with Gasteiger partial charge in [-0.1, -0.05) is 42.5 Å². The summed E-state index contributed by atoms with van der Waals surface area (Å²) in [5.41, 5.74) is 5.59. The number of ether oxygens (including phenoxy) is 2. The summed E-state index contributed by atoms with van der Waals surface area (Å²) >= 11 is 0.791. The zero-order valence-corrected chi connectivity index (χ0v) is 24.5. The Morgan fingerprint density at radius 1 is 1.00 bits per heavy atom. The number of anilines is 1. The Kier molecular flexibility index (Phi) is 8.63. The molecule has 10 heteroatoms. The van der Waals surface area contributed by atoms with Crippen molar-refractivity contribution >= 4 is 46.5 Å². The second kappa shape index (κ2) is 12.5. The van der Waals surface area contributed by atoms with Crippen LogP contribution in [0.15, 0.2) is 65.6 Å². The van der Waals surface area contributed by atoms with E-state index in [4.69, 9.17) is 9.47 Å². The Bertz CT molecular complexity index is 1600. The van der Waals surface area contributed by atoms with Crippen LogP contribution in [0.25, 0.3) is 6.08 Å². The van der Waals surface area contributed by atoms with Crippen LogP contribution in [0.5, 0.6) is 11.5 Å². The van der Waals surface area contributed by atoms with E-state index in [1.165, 1.54) is 12.7 Å². The highest BCUT2D eigenvalue weighted by atomic mass is 32.2. The Labute approximate surface area is 248 Å². The Morgan fingerprint density at radius 3 is 2.57 bits per heavy atom. The lowest BCUT2D eigenvalue weighted by atomic mass is 10.00. The second-order valence-corrected chi connectivity index (χ2v) is 11.2. The molecule has 42 heavy (non-hydrogen) atoms. The summed E-state index contributed by atoms with van der Waals surface area (Å²) in [5, 5.41) is 2.36. The maximum absolute atomic E-state index is 13.1. The van der Waals surface area contributed by atoms with Crippen molar-refractivity contribution in [1.29, 1.82) is 0 Å². The van der Waals surface area contributed by atoms with Crippen LogP contribution in [0.4, 0.5) is 10.5 Å². The van der Waals surface area contributed by atoms with Crippen LogP contribution >= 0.6 is 11.8 Å². The molecule has 2 aliphatic heterocycles. The predicted octanol–water partition coefficient (Wildman–Crippen LogP) is 4.95. The van der Waals surface area contributed by atoms with Gasteiger partial charge < -0.3 is 19.7 Å². The molecule has 9 nitrogen and oxygen atoms in total. The van der Waals surface area contributed by atoms with Gasteiger partial charge in [0.2, 0.25) is 5.91 Å². The van der Waals surface area contributed by atoms with Crippen LogP contribution in [0, 0.1) is 13.8 Å². The van der Waals surface area contributed by atoms with E-state index in [9.17, 15) is 19.2 Å². The molecule has 2 aliphatic rings. The summed E-state index contributed by atoms with van der Waals surface area (Å²) < 4.78 is 11.1. The molecule has 0 aromatic heterocycles. The van der Waals surface area contributed by atoms with Gasteiger partial charge in [-0.25, -0.2) is 0 Å². The minimum atomic E-state index is -0.516. The largest absolute Gasteiger partial charge is 0.493 e. The van der Waals surface area contributed by atoms with Crippen LogP contribution in [0.3, 0.4) is 0 Å². The van der Waals surface area contributed by atoms with Gasteiger partial charge in [0.25, 0.3) is 17.1 Å². The number of thioether (sulfide) groups is 1. The third kappa shape index (κ3) is 6.49. The van der Waals surface area contributed by atoms with Gasteiger partial charge >= 0.3 is 0 Å². The smallest absolute Gasteiger partial charge is 0.294 e. The number of aryl methyl sites for hydroxylation is 2. The molecule has 0 radical (unpaired) electrons. The van der Waals surface area contributed by atoms with Gasteiger partial charge in [-0.05, 0) is 84.1 Å². The summed E-state index contributed by atoms with van der Waals surface area (Å²) in [4.78, 5) is 54.1. The fourth-order valence-corrected chi connectivity index (χ4v) is 5.66. The average molecular weight is 586 g/mol. The number of hydrogen-bond acceptors (Lipinski definition) is 7. The van der Waals surface area contributed by atoms with E-state index in [2.05, 4.69) is 11.4 Å². The summed E-state index contributed by atoms with van der Waals surface area (Å²) in [5.74, 6) is -0.376. The minimum absolute atomic E-state index is 0.209. The molecule has 0 bridgehead atoms. The first-order valence-corrected chi connectivity index (χ1v) is 14.3. The van der Waals surface area contributed by atoms with Gasteiger partial charge in [0.1, 0.15) is 6.54 Å². The van der Waals surface area contributed by atoms with Gasteiger partial charge in [-0.2, -0.15) is 0 Å². The molecule has 0 spiro atoms. The maximum Gasteiger partial charge on any atom is 0.294 e. The lowest BCUT2D eigenvalue weighted by Crippen LogP contribution is -2.44. The highest BCUT2D eigenvalue weighted by Crippen LogP contribution is 2.35. The number of amides is 4. The molecule has 5 rings (SSSR count). The maximum atomic E-state index is 13.1. The fourth-order valence-electron chi connectivity index (χ4n) is 4.82. The fraction of sp³-hybridized carbons (Fsp3) is 0.250. The van der Waals surface area contributed by atoms with Crippen molar-refractivity contribution in [3.05, 3.63) is 93.4 Å². The van der Waals surface area contributed by atoms with Crippen LogP contribution in [-0.4, -0.2) is 59.6 Å². The summed E-state index contributed by atoms with van der Waals surface area (Å²) in [6, 6.07) is 18.8. The van der Waals surface area contributed by atoms with Crippen LogP contribution in [0.1, 0.15) is 27.8 Å². The molecule has 4 amide bonds. The molecule has 0 unspecified atom stereocenters. The predicted molar refractivity (Wildman–Crippen MR) is 161 cm³/mol. The lowest BCUT2D eigenvalue weighted by Gasteiger charge is -2.29. The minimum Gasteiger partial charge on any atom is -0.493 e. The SMILES string of the molecule is COc1cc(/C=C2/SC(=O)N(CC(=O)N3CCc4ccccc4C3)C2=O)ccc1OCC(=O)Nc1cc(C)ccc1C. The van der Waals surface area contributed by atoms with E-state index < -0.39 is 11.1 Å².